The second-order valence-corrected chi connectivity index (χ2v) is 6.21. The van der Waals surface area contributed by atoms with Crippen LogP contribution >= 0.6 is 35.3 Å². The van der Waals surface area contributed by atoms with E-state index in [0.717, 1.165) is 29.7 Å². The lowest BCUT2D eigenvalue weighted by Gasteiger charge is -2.22. The standard InChI is InChI=1S/C17H21N5S.HI/c1-3-18-16(21(2)12-14-7-5-4-6-8-14)19-11-15-13-22-9-10-23-17(22)20-15;/h4-10,13H,3,11-12H2,1-2H3,(H,18,19);1H. The van der Waals surface area contributed by atoms with Crippen molar-refractivity contribution in [2.24, 2.45) is 4.99 Å². The topological polar surface area (TPSA) is 44.9 Å². The van der Waals surface area contributed by atoms with Crippen LogP contribution in [-0.2, 0) is 13.1 Å². The Bertz CT molecular complexity index is 752. The Kier molecular flexibility index (Phi) is 7.04. The van der Waals surface area contributed by atoms with E-state index >= 15 is 0 Å². The van der Waals surface area contributed by atoms with Gasteiger partial charge >= 0.3 is 0 Å². The van der Waals surface area contributed by atoms with Gasteiger partial charge < -0.3 is 10.2 Å². The van der Waals surface area contributed by atoms with Crippen LogP contribution in [-0.4, -0.2) is 33.8 Å². The number of aromatic nitrogens is 2. The van der Waals surface area contributed by atoms with Gasteiger partial charge in [-0.25, -0.2) is 9.98 Å². The molecule has 1 aromatic carbocycles. The summed E-state index contributed by atoms with van der Waals surface area (Å²) in [5, 5.41) is 5.38. The molecule has 3 aromatic rings. The lowest BCUT2D eigenvalue weighted by molar-refractivity contribution is 0.476. The first-order valence-electron chi connectivity index (χ1n) is 7.70. The van der Waals surface area contributed by atoms with Crippen LogP contribution in [0.15, 0.2) is 53.1 Å². The molecule has 7 heteroatoms. The zero-order valence-corrected chi connectivity index (χ0v) is 17.0. The van der Waals surface area contributed by atoms with Crippen molar-refractivity contribution in [1.82, 2.24) is 19.6 Å². The lowest BCUT2D eigenvalue weighted by Crippen LogP contribution is -2.38. The molecule has 0 atom stereocenters. The van der Waals surface area contributed by atoms with Gasteiger partial charge in [0.15, 0.2) is 10.9 Å². The summed E-state index contributed by atoms with van der Waals surface area (Å²) in [6, 6.07) is 10.4. The Morgan fingerprint density at radius 3 is 2.83 bits per heavy atom. The van der Waals surface area contributed by atoms with E-state index in [0.29, 0.717) is 6.54 Å². The van der Waals surface area contributed by atoms with Gasteiger partial charge in [-0.2, -0.15) is 0 Å². The quantitative estimate of drug-likeness (QED) is 0.363. The molecule has 5 nitrogen and oxygen atoms in total. The van der Waals surface area contributed by atoms with Gasteiger partial charge in [0.25, 0.3) is 0 Å². The highest BCUT2D eigenvalue weighted by Gasteiger charge is 2.07. The smallest absolute Gasteiger partial charge is 0.194 e. The third-order valence-corrected chi connectivity index (χ3v) is 4.26. The second kappa shape index (κ2) is 9.03. The van der Waals surface area contributed by atoms with Gasteiger partial charge in [0, 0.05) is 37.9 Å². The van der Waals surface area contributed by atoms with Gasteiger partial charge in [0.05, 0.1) is 12.2 Å². The van der Waals surface area contributed by atoms with Gasteiger partial charge in [-0.15, -0.1) is 35.3 Å². The van der Waals surface area contributed by atoms with Crippen LogP contribution < -0.4 is 5.32 Å². The molecule has 2 aromatic heterocycles. The number of halogens is 1. The molecule has 0 unspecified atom stereocenters. The number of nitrogens with zero attached hydrogens (tertiary/aromatic N) is 4. The maximum Gasteiger partial charge on any atom is 0.194 e. The minimum absolute atomic E-state index is 0. The summed E-state index contributed by atoms with van der Waals surface area (Å²) in [6.45, 7) is 4.33. The highest BCUT2D eigenvalue weighted by atomic mass is 127. The molecule has 0 amide bonds. The van der Waals surface area contributed by atoms with Gasteiger partial charge in [-0.3, -0.25) is 4.40 Å². The minimum Gasteiger partial charge on any atom is -0.357 e. The van der Waals surface area contributed by atoms with E-state index in [1.54, 1.807) is 11.3 Å². The predicted octanol–water partition coefficient (Wildman–Crippen LogP) is 3.61. The van der Waals surface area contributed by atoms with Crippen molar-refractivity contribution in [1.29, 1.82) is 0 Å². The van der Waals surface area contributed by atoms with Crippen LogP contribution in [0, 0.1) is 0 Å². The number of fused-ring (bicyclic) bond motifs is 1. The number of hydrogen-bond acceptors (Lipinski definition) is 3. The average molecular weight is 455 g/mol. The van der Waals surface area contributed by atoms with Crippen molar-refractivity contribution in [2.75, 3.05) is 13.6 Å². The summed E-state index contributed by atoms with van der Waals surface area (Å²) in [5.41, 5.74) is 2.25. The molecule has 0 bridgehead atoms. The Hall–Kier alpha value is -1.61. The molecule has 128 valence electrons. The highest BCUT2D eigenvalue weighted by molar-refractivity contribution is 14.0. The van der Waals surface area contributed by atoms with Crippen molar-refractivity contribution >= 4 is 46.2 Å². The molecule has 3 rings (SSSR count). The summed E-state index contributed by atoms with van der Waals surface area (Å²) in [6.07, 6.45) is 4.06. The molecule has 1 N–H and O–H groups in total. The maximum atomic E-state index is 4.71. The van der Waals surface area contributed by atoms with E-state index in [9.17, 15) is 0 Å². The first-order chi connectivity index (χ1) is 11.3. The summed E-state index contributed by atoms with van der Waals surface area (Å²) in [5.74, 6) is 0.896. The van der Waals surface area contributed by atoms with Crippen LogP contribution in [0.5, 0.6) is 0 Å². The third kappa shape index (κ3) is 4.70. The van der Waals surface area contributed by atoms with Gasteiger partial charge in [-0.1, -0.05) is 30.3 Å². The first kappa shape index (κ1) is 18.7. The molecular formula is C17H22IN5S. The van der Waals surface area contributed by atoms with E-state index < -0.39 is 0 Å². The highest BCUT2D eigenvalue weighted by Crippen LogP contribution is 2.12. The van der Waals surface area contributed by atoms with Crippen LogP contribution in [0.3, 0.4) is 0 Å². The van der Waals surface area contributed by atoms with Crippen LogP contribution in [0.2, 0.25) is 0 Å². The third-order valence-electron chi connectivity index (χ3n) is 3.49. The largest absolute Gasteiger partial charge is 0.357 e. The van der Waals surface area contributed by atoms with Crippen molar-refractivity contribution in [3.8, 4) is 0 Å². The van der Waals surface area contributed by atoms with Crippen molar-refractivity contribution in [3.63, 3.8) is 0 Å². The predicted molar refractivity (Wildman–Crippen MR) is 111 cm³/mol. The molecule has 0 aliphatic heterocycles. The van der Waals surface area contributed by atoms with E-state index in [4.69, 9.17) is 4.99 Å². The van der Waals surface area contributed by atoms with Gasteiger partial charge in [0.2, 0.25) is 0 Å². The molecule has 0 aliphatic carbocycles. The summed E-state index contributed by atoms with van der Waals surface area (Å²) >= 11 is 1.64. The van der Waals surface area contributed by atoms with Crippen molar-refractivity contribution < 1.29 is 0 Å². The Morgan fingerprint density at radius 2 is 2.12 bits per heavy atom. The van der Waals surface area contributed by atoms with E-state index in [1.165, 1.54) is 5.56 Å². The Morgan fingerprint density at radius 1 is 1.33 bits per heavy atom. The van der Waals surface area contributed by atoms with Gasteiger partial charge in [-0.05, 0) is 12.5 Å². The summed E-state index contributed by atoms with van der Waals surface area (Å²) in [4.78, 5) is 12.4. The number of nitrogens with one attached hydrogen (secondary N) is 1. The lowest BCUT2D eigenvalue weighted by atomic mass is 10.2. The molecule has 0 radical (unpaired) electrons. The number of rotatable bonds is 5. The molecule has 24 heavy (non-hydrogen) atoms. The SMILES string of the molecule is CCNC(=NCc1cn2ccsc2n1)N(C)Cc1ccccc1.I. The average Bonchev–Trinajstić information content (AvgIpc) is 3.13. The van der Waals surface area contributed by atoms with Crippen LogP contribution in [0.1, 0.15) is 18.2 Å². The maximum absolute atomic E-state index is 4.71. The van der Waals surface area contributed by atoms with Crippen molar-refractivity contribution in [2.45, 2.75) is 20.0 Å². The van der Waals surface area contributed by atoms with E-state index in [-0.39, 0.29) is 24.0 Å². The molecule has 0 fully saturated rings. The molecule has 2 heterocycles. The monoisotopic (exact) mass is 455 g/mol. The fourth-order valence-corrected chi connectivity index (χ4v) is 3.13. The number of aliphatic imine (C=N–C) groups is 1. The van der Waals surface area contributed by atoms with E-state index in [2.05, 4.69) is 53.4 Å². The molecule has 0 spiro atoms. The van der Waals surface area contributed by atoms with Crippen molar-refractivity contribution in [3.05, 3.63) is 59.4 Å². The fourth-order valence-electron chi connectivity index (χ4n) is 2.41. The second-order valence-electron chi connectivity index (χ2n) is 5.34. The van der Waals surface area contributed by atoms with E-state index in [1.807, 2.05) is 28.2 Å². The fraction of sp³-hybridized carbons (Fsp3) is 0.294. The number of hydrogen-bond donors (Lipinski definition) is 1. The molecule has 0 saturated carbocycles. The normalized spacial score (nSPS) is 11.3. The van der Waals surface area contributed by atoms with Gasteiger partial charge in [0.1, 0.15) is 0 Å². The summed E-state index contributed by atoms with van der Waals surface area (Å²) < 4.78 is 2.04. The summed E-state index contributed by atoms with van der Waals surface area (Å²) in [7, 11) is 2.06. The van der Waals surface area contributed by atoms with Crippen LogP contribution in [0.4, 0.5) is 0 Å². The number of guanidine groups is 1. The minimum atomic E-state index is 0. The zero-order chi connectivity index (χ0) is 16.1. The number of thiazole rings is 1. The molecule has 0 aliphatic rings. The first-order valence-corrected chi connectivity index (χ1v) is 8.58. The Labute approximate surface area is 163 Å². The Balaban J connectivity index is 0.00000208. The zero-order valence-electron chi connectivity index (χ0n) is 13.8. The van der Waals surface area contributed by atoms with Crippen LogP contribution in [0.25, 0.3) is 4.96 Å². The molecule has 0 saturated heterocycles. The number of imidazole rings is 1. The number of benzene rings is 1. The molecular weight excluding hydrogens is 433 g/mol.